The number of carbonyl (C=O) groups is 2. The molecule has 0 aromatic heterocycles. The average molecular weight is 264 g/mol. The van der Waals surface area contributed by atoms with Gasteiger partial charge in [0.25, 0.3) is 0 Å². The molecule has 0 spiro atoms. The molecule has 0 aliphatic rings. The Hall–Kier alpha value is -1.88. The zero-order valence-corrected chi connectivity index (χ0v) is 10.8. The van der Waals surface area contributed by atoms with Crippen LogP contribution >= 0.6 is 0 Å². The van der Waals surface area contributed by atoms with Gasteiger partial charge in [0, 0.05) is 19.5 Å². The Balaban J connectivity index is 2.37. The second-order valence-electron chi connectivity index (χ2n) is 4.34. The van der Waals surface area contributed by atoms with Crippen LogP contribution in [0.2, 0.25) is 0 Å². The Morgan fingerprint density at radius 1 is 1.21 bits per heavy atom. The lowest BCUT2D eigenvalue weighted by Crippen LogP contribution is -2.34. The fourth-order valence-corrected chi connectivity index (χ4v) is 1.82. The predicted octanol–water partition coefficient (Wildman–Crippen LogP) is 1.10. The molecule has 0 saturated heterocycles. The van der Waals surface area contributed by atoms with Crippen LogP contribution in [0.1, 0.15) is 30.7 Å². The maximum atomic E-state index is 12.0. The summed E-state index contributed by atoms with van der Waals surface area (Å²) in [6, 6.07) is 9.39. The third-order valence-corrected chi connectivity index (χ3v) is 2.87. The maximum Gasteiger partial charge on any atom is 0.303 e. The Morgan fingerprint density at radius 3 is 2.47 bits per heavy atom. The number of hydrogen-bond acceptors (Lipinski definition) is 3. The summed E-state index contributed by atoms with van der Waals surface area (Å²) in [5.74, 6) is -1.26. The van der Waals surface area contributed by atoms with E-state index in [0.29, 0.717) is 19.4 Å². The van der Waals surface area contributed by atoms with Gasteiger partial charge in [0.05, 0.1) is 5.92 Å². The fourth-order valence-electron chi connectivity index (χ4n) is 1.82. The van der Waals surface area contributed by atoms with Crippen molar-refractivity contribution in [1.29, 1.82) is 0 Å². The molecule has 5 nitrogen and oxygen atoms in total. The van der Waals surface area contributed by atoms with Crippen LogP contribution in [0.5, 0.6) is 0 Å². The van der Waals surface area contributed by atoms with E-state index in [1.165, 1.54) is 0 Å². The molecule has 0 bridgehead atoms. The summed E-state index contributed by atoms with van der Waals surface area (Å²) < 4.78 is 0. The van der Waals surface area contributed by atoms with Crippen LogP contribution in [-0.2, 0) is 9.59 Å². The van der Waals surface area contributed by atoms with Crippen molar-refractivity contribution >= 4 is 11.9 Å². The van der Waals surface area contributed by atoms with E-state index in [1.807, 2.05) is 30.3 Å². The first kappa shape index (κ1) is 15.2. The van der Waals surface area contributed by atoms with Crippen molar-refractivity contribution in [2.24, 2.45) is 5.73 Å². The lowest BCUT2D eigenvalue weighted by Gasteiger charge is -2.15. The fraction of sp³-hybridized carbons (Fsp3) is 0.429. The van der Waals surface area contributed by atoms with Crippen molar-refractivity contribution in [1.82, 2.24) is 5.32 Å². The van der Waals surface area contributed by atoms with Crippen LogP contribution in [-0.4, -0.2) is 30.1 Å². The van der Waals surface area contributed by atoms with E-state index in [4.69, 9.17) is 10.8 Å². The Labute approximate surface area is 112 Å². The van der Waals surface area contributed by atoms with Crippen molar-refractivity contribution in [3.8, 4) is 0 Å². The molecule has 0 fully saturated rings. The number of carboxylic acids is 1. The van der Waals surface area contributed by atoms with Gasteiger partial charge in [-0.25, -0.2) is 0 Å². The molecule has 1 unspecified atom stereocenters. The van der Waals surface area contributed by atoms with Crippen molar-refractivity contribution in [3.63, 3.8) is 0 Å². The largest absolute Gasteiger partial charge is 0.481 e. The Bertz CT molecular complexity index is 406. The molecule has 0 aliphatic heterocycles. The minimum Gasteiger partial charge on any atom is -0.481 e. The van der Waals surface area contributed by atoms with Crippen LogP contribution in [0.25, 0.3) is 0 Å². The number of unbranched alkanes of at least 4 members (excludes halogenated alkanes) is 1. The molecule has 1 rings (SSSR count). The topological polar surface area (TPSA) is 92.4 Å². The van der Waals surface area contributed by atoms with Crippen LogP contribution < -0.4 is 11.1 Å². The highest BCUT2D eigenvalue weighted by Crippen LogP contribution is 2.14. The zero-order valence-electron chi connectivity index (χ0n) is 10.8. The highest BCUT2D eigenvalue weighted by atomic mass is 16.4. The van der Waals surface area contributed by atoms with Crippen molar-refractivity contribution in [2.45, 2.75) is 25.2 Å². The minimum atomic E-state index is -0.810. The third-order valence-electron chi connectivity index (χ3n) is 2.87. The number of rotatable bonds is 8. The van der Waals surface area contributed by atoms with Crippen LogP contribution in [0.4, 0.5) is 0 Å². The SMILES string of the molecule is NCC(C(=O)NCCCCC(=O)O)c1ccccc1. The summed E-state index contributed by atoms with van der Waals surface area (Å²) in [4.78, 5) is 22.3. The quantitative estimate of drug-likeness (QED) is 0.613. The normalized spacial score (nSPS) is 11.8. The highest BCUT2D eigenvalue weighted by Gasteiger charge is 2.17. The Kier molecular flexibility index (Phi) is 6.60. The van der Waals surface area contributed by atoms with E-state index in [-0.39, 0.29) is 24.8 Å². The average Bonchev–Trinajstić information content (AvgIpc) is 2.40. The number of benzene rings is 1. The number of aliphatic carboxylic acids is 1. The second-order valence-corrected chi connectivity index (χ2v) is 4.34. The van der Waals surface area contributed by atoms with Crippen LogP contribution in [0, 0.1) is 0 Å². The number of nitrogens with one attached hydrogen (secondary N) is 1. The zero-order chi connectivity index (χ0) is 14.1. The molecule has 1 aromatic rings. The summed E-state index contributed by atoms with van der Waals surface area (Å²) in [6.07, 6.45) is 1.35. The minimum absolute atomic E-state index is 0.107. The van der Waals surface area contributed by atoms with Gasteiger partial charge in [-0.1, -0.05) is 30.3 Å². The molecular formula is C14H20N2O3. The number of carboxylic acid groups (broad SMARTS) is 1. The van der Waals surface area contributed by atoms with E-state index in [9.17, 15) is 9.59 Å². The predicted molar refractivity (Wildman–Crippen MR) is 72.7 cm³/mol. The molecule has 0 heterocycles. The molecule has 1 amide bonds. The van der Waals surface area contributed by atoms with Gasteiger partial charge < -0.3 is 16.2 Å². The van der Waals surface area contributed by atoms with Gasteiger partial charge in [0.15, 0.2) is 0 Å². The molecule has 104 valence electrons. The smallest absolute Gasteiger partial charge is 0.303 e. The van der Waals surface area contributed by atoms with Crippen molar-refractivity contribution < 1.29 is 14.7 Å². The Morgan fingerprint density at radius 2 is 1.89 bits per heavy atom. The van der Waals surface area contributed by atoms with Crippen molar-refractivity contribution in [2.75, 3.05) is 13.1 Å². The molecule has 4 N–H and O–H groups in total. The molecule has 19 heavy (non-hydrogen) atoms. The highest BCUT2D eigenvalue weighted by molar-refractivity contribution is 5.83. The van der Waals surface area contributed by atoms with Gasteiger partial charge in [-0.2, -0.15) is 0 Å². The first-order valence-corrected chi connectivity index (χ1v) is 6.39. The first-order valence-electron chi connectivity index (χ1n) is 6.39. The van der Waals surface area contributed by atoms with Crippen molar-refractivity contribution in [3.05, 3.63) is 35.9 Å². The number of amides is 1. The summed E-state index contributed by atoms with van der Waals surface area (Å²) in [7, 11) is 0. The van der Waals surface area contributed by atoms with E-state index < -0.39 is 5.97 Å². The summed E-state index contributed by atoms with van der Waals surface area (Å²) >= 11 is 0. The van der Waals surface area contributed by atoms with E-state index in [1.54, 1.807) is 0 Å². The van der Waals surface area contributed by atoms with Crippen LogP contribution in [0.3, 0.4) is 0 Å². The maximum absolute atomic E-state index is 12.0. The second kappa shape index (κ2) is 8.26. The molecule has 0 radical (unpaired) electrons. The van der Waals surface area contributed by atoms with Gasteiger partial charge in [0.1, 0.15) is 0 Å². The molecule has 1 aromatic carbocycles. The molecule has 0 saturated carbocycles. The van der Waals surface area contributed by atoms with Gasteiger partial charge >= 0.3 is 5.97 Å². The number of carbonyl (C=O) groups excluding carboxylic acids is 1. The number of hydrogen-bond donors (Lipinski definition) is 3. The molecule has 1 atom stereocenters. The lowest BCUT2D eigenvalue weighted by atomic mass is 9.98. The molecule has 5 heteroatoms. The van der Waals surface area contributed by atoms with E-state index in [0.717, 1.165) is 5.56 Å². The third kappa shape index (κ3) is 5.52. The standard InChI is InChI=1S/C14H20N2O3/c15-10-12(11-6-2-1-3-7-11)14(19)16-9-5-4-8-13(17)18/h1-3,6-7,12H,4-5,8-10,15H2,(H,16,19)(H,17,18). The molecular weight excluding hydrogens is 244 g/mol. The summed E-state index contributed by atoms with van der Waals surface area (Å²) in [5, 5.41) is 11.3. The van der Waals surface area contributed by atoms with Gasteiger partial charge in [-0.15, -0.1) is 0 Å². The monoisotopic (exact) mass is 264 g/mol. The first-order chi connectivity index (χ1) is 9.15. The van der Waals surface area contributed by atoms with Gasteiger partial charge in [0.2, 0.25) is 5.91 Å². The summed E-state index contributed by atoms with van der Waals surface area (Å²) in [5.41, 5.74) is 6.53. The van der Waals surface area contributed by atoms with E-state index in [2.05, 4.69) is 5.32 Å². The lowest BCUT2D eigenvalue weighted by molar-refractivity contribution is -0.137. The van der Waals surface area contributed by atoms with E-state index >= 15 is 0 Å². The molecule has 0 aliphatic carbocycles. The number of nitrogens with two attached hydrogens (primary N) is 1. The van der Waals surface area contributed by atoms with Gasteiger partial charge in [-0.05, 0) is 18.4 Å². The summed E-state index contributed by atoms with van der Waals surface area (Å²) in [6.45, 7) is 0.737. The van der Waals surface area contributed by atoms with Crippen LogP contribution in [0.15, 0.2) is 30.3 Å². The van der Waals surface area contributed by atoms with Gasteiger partial charge in [-0.3, -0.25) is 9.59 Å².